The van der Waals surface area contributed by atoms with Crippen LogP contribution in [0.15, 0.2) is 73.8 Å². The normalized spacial score (nSPS) is 15.9. The summed E-state index contributed by atoms with van der Waals surface area (Å²) in [5.41, 5.74) is 2.87. The van der Waals surface area contributed by atoms with Crippen LogP contribution in [0.1, 0.15) is 65.0 Å². The molecule has 12 rings (SSSR count). The van der Waals surface area contributed by atoms with E-state index in [1.54, 1.807) is 56.0 Å². The summed E-state index contributed by atoms with van der Waals surface area (Å²) in [7, 11) is 8.26. The Kier molecular flexibility index (Phi) is 31.0. The molecule has 10 heterocycles. The number of ether oxygens (including phenoxy) is 3. The molecule has 4 aliphatic heterocycles. The van der Waals surface area contributed by atoms with Crippen LogP contribution in [0.25, 0.3) is 43.9 Å². The zero-order chi connectivity index (χ0) is 73.3. The number of hydrogen-bond acceptors (Lipinski definition) is 26. The quantitative estimate of drug-likeness (QED) is 0.0584. The Morgan fingerprint density at radius 1 is 0.604 bits per heavy atom. The average Bonchev–Trinajstić information content (AvgIpc) is 1.51. The van der Waals surface area contributed by atoms with Gasteiger partial charge in [0, 0.05) is 110 Å². The fourth-order valence-corrected chi connectivity index (χ4v) is 11.3. The molecule has 4 fully saturated rings. The predicted molar refractivity (Wildman–Crippen MR) is 387 cm³/mol. The summed E-state index contributed by atoms with van der Waals surface area (Å²) in [6.07, 6.45) is 5.21. The van der Waals surface area contributed by atoms with Crippen LogP contribution in [0.3, 0.4) is 0 Å². The highest BCUT2D eigenvalue weighted by molar-refractivity contribution is 6.41. The van der Waals surface area contributed by atoms with E-state index in [2.05, 4.69) is 94.3 Å². The molecule has 0 spiro atoms. The Morgan fingerprint density at radius 2 is 1.10 bits per heavy atom. The highest BCUT2D eigenvalue weighted by atomic mass is 35.5. The number of piperazine rings is 4. The summed E-state index contributed by atoms with van der Waals surface area (Å²) < 4.78 is 16.9. The molecule has 34 heteroatoms. The van der Waals surface area contributed by atoms with Crippen LogP contribution in [-0.2, 0) is 28.7 Å². The number of likely N-dealkylation sites (N-methyl/N-ethyl adjacent to an activating group) is 4. The number of nitrogens with one attached hydrogen (secondary N) is 4. The first-order valence-electron chi connectivity index (χ1n) is 33.1. The molecule has 0 bridgehead atoms. The van der Waals surface area contributed by atoms with Gasteiger partial charge in [0.25, 0.3) is 5.91 Å². The van der Waals surface area contributed by atoms with E-state index >= 15 is 0 Å². The number of aromatic nitrogens is 10. The van der Waals surface area contributed by atoms with Crippen molar-refractivity contribution in [2.24, 2.45) is 0 Å². The van der Waals surface area contributed by atoms with Gasteiger partial charge in [0.15, 0.2) is 35.1 Å². The Balaban J connectivity index is 0.000000192. The number of aromatic amines is 1. The third kappa shape index (κ3) is 23.9. The first kappa shape index (κ1) is 80.0. The Hall–Kier alpha value is -8.34. The van der Waals surface area contributed by atoms with Gasteiger partial charge in [0.1, 0.15) is 55.1 Å². The minimum absolute atomic E-state index is 0.0608. The molecule has 0 saturated carbocycles. The van der Waals surface area contributed by atoms with Crippen molar-refractivity contribution < 1.29 is 53.5 Å². The lowest BCUT2D eigenvalue weighted by atomic mass is 10.1. The second-order valence-electron chi connectivity index (χ2n) is 25.1. The van der Waals surface area contributed by atoms with Gasteiger partial charge in [-0.1, -0.05) is 59.1 Å². The number of aliphatic hydroxyl groups is 3. The summed E-state index contributed by atoms with van der Waals surface area (Å²) in [5.74, 6) is 0.483. The molecule has 0 aliphatic carbocycles. The van der Waals surface area contributed by atoms with Crippen molar-refractivity contribution >= 4 is 120 Å². The van der Waals surface area contributed by atoms with E-state index in [4.69, 9.17) is 64.6 Å². The molecular weight excluding hydrogens is 1370 g/mol. The number of rotatable bonds is 13. The Morgan fingerprint density at radius 3 is 1.60 bits per heavy atom. The summed E-state index contributed by atoms with van der Waals surface area (Å²) in [6, 6.07) is 14.6. The fraction of sp³-hybridized carbons (Fsp3) is 0.507. The van der Waals surface area contributed by atoms with Crippen molar-refractivity contribution in [2.75, 3.05) is 177 Å². The van der Waals surface area contributed by atoms with Gasteiger partial charge in [-0.25, -0.2) is 54.0 Å². The summed E-state index contributed by atoms with van der Waals surface area (Å²) in [6.45, 7) is 24.4. The van der Waals surface area contributed by atoms with E-state index < -0.39 is 24.3 Å². The number of benzene rings is 2. The van der Waals surface area contributed by atoms with Crippen LogP contribution >= 0.6 is 34.8 Å². The van der Waals surface area contributed by atoms with Crippen LogP contribution in [0.2, 0.25) is 15.2 Å². The zero-order valence-electron chi connectivity index (χ0n) is 58.8. The van der Waals surface area contributed by atoms with Crippen molar-refractivity contribution in [1.29, 1.82) is 0 Å². The number of esters is 1. The molecule has 4 saturated heterocycles. The molecule has 3 amide bonds. The number of pyridine rings is 2. The van der Waals surface area contributed by atoms with Crippen LogP contribution < -0.4 is 20.7 Å². The summed E-state index contributed by atoms with van der Waals surface area (Å²) in [5, 5.41) is 39.6. The lowest BCUT2D eigenvalue weighted by molar-refractivity contribution is -0.146. The van der Waals surface area contributed by atoms with Crippen LogP contribution in [0.5, 0.6) is 5.88 Å². The number of imidazole rings is 2. The molecule has 101 heavy (non-hydrogen) atoms. The number of anilines is 2. The first-order chi connectivity index (χ1) is 48.3. The molecule has 31 nitrogen and oxygen atoms in total. The number of halogens is 3. The van der Waals surface area contributed by atoms with E-state index in [9.17, 15) is 24.0 Å². The monoisotopic (exact) mass is 1460 g/mol. The molecule has 0 unspecified atom stereocenters. The van der Waals surface area contributed by atoms with Crippen molar-refractivity contribution in [3.63, 3.8) is 0 Å². The maximum Gasteiger partial charge on any atom is 0.421 e. The number of aliphatic hydroxyl groups excluding tert-OH is 3. The number of carbonyl (C=O) groups excluding carboxylic acids is 5. The molecule has 8 aromatic rings. The van der Waals surface area contributed by atoms with Gasteiger partial charge in [0.2, 0.25) is 17.7 Å². The van der Waals surface area contributed by atoms with Crippen molar-refractivity contribution in [1.82, 2.24) is 89.0 Å². The second-order valence-corrected chi connectivity index (χ2v) is 26.3. The maximum atomic E-state index is 12.7. The largest absolute Gasteiger partial charge is 0.467 e. The fourth-order valence-electron chi connectivity index (χ4n) is 10.4. The van der Waals surface area contributed by atoms with Gasteiger partial charge < -0.3 is 84.8 Å². The lowest BCUT2D eigenvalue weighted by Gasteiger charge is -2.32. The van der Waals surface area contributed by atoms with E-state index in [-0.39, 0.29) is 49.6 Å². The topological polar surface area (TPSA) is 356 Å². The molecule has 6 aromatic heterocycles. The van der Waals surface area contributed by atoms with Gasteiger partial charge in [-0.2, -0.15) is 0 Å². The van der Waals surface area contributed by atoms with Crippen LogP contribution in [-0.4, -0.2) is 300 Å². The molecular formula is C67H93Cl3N20O11. The predicted octanol–water partition coefficient (Wildman–Crippen LogP) is 5.09. The van der Waals surface area contributed by atoms with E-state index in [1.165, 1.54) is 36.6 Å². The van der Waals surface area contributed by atoms with Gasteiger partial charge in [-0.05, 0) is 105 Å². The number of H-pyrrole nitrogens is 1. The number of amides is 3. The lowest BCUT2D eigenvalue weighted by Crippen LogP contribution is -2.48. The molecule has 548 valence electrons. The van der Waals surface area contributed by atoms with Gasteiger partial charge >= 0.3 is 12.1 Å². The summed E-state index contributed by atoms with van der Waals surface area (Å²) in [4.78, 5) is 109. The Labute approximate surface area is 601 Å². The van der Waals surface area contributed by atoms with Crippen LogP contribution in [0, 0.1) is 0 Å². The van der Waals surface area contributed by atoms with Gasteiger partial charge in [-0.15, -0.1) is 0 Å². The summed E-state index contributed by atoms with van der Waals surface area (Å²) >= 11 is 19.1. The highest BCUT2D eigenvalue weighted by Gasteiger charge is 2.26. The number of hydrogen-bond donors (Lipinski definition) is 7. The van der Waals surface area contributed by atoms with E-state index in [0.29, 0.717) is 91.2 Å². The maximum absolute atomic E-state index is 12.7. The third-order valence-corrected chi connectivity index (χ3v) is 17.2. The zero-order valence-corrected chi connectivity index (χ0v) is 61.1. The highest BCUT2D eigenvalue weighted by Crippen LogP contribution is 2.35. The number of carbonyl (C=O) groups is 5. The third-order valence-electron chi connectivity index (χ3n) is 16.3. The minimum atomic E-state index is -0.639. The molecule has 7 N–H and O–H groups in total. The standard InChI is InChI=1S/C23H25ClN8O2.C21H20Cl2N6O2.2C7H14N2O2.C5H12N2.C4H8O3/c1-14(29-22-20-21(26-12-25-20)27-13-28-22)17-10-15-4-3-5-16(24)19(15)23(30-17)34-11-18(33)32-8-6-31(2)7-9-32;1-11(14-8-12-6-5-7-13(22)15(12)17(23)28-14)27-18-16-19(25-9-24-18)29(10-26-16)20(30)31-21(2,3)4;2*1-8-2-4-9(5-3-8)7(11)6-10;1-7-4-2-6-3-5-7;1-2-7-4(6)3-5/h3-5,10,12-14H,6-9,11H2,1-2H3,(H2,25,26,27,28,29);5-11H,1-4H3,(H,24,25,27);2*10H,2-6H2,1H3;6H,2-5H2,1H3;5H,2-3H2,1H3/t14-;11-;;;;/m00..../s1. The van der Waals surface area contributed by atoms with Crippen molar-refractivity contribution in [3.8, 4) is 5.88 Å². The van der Waals surface area contributed by atoms with Gasteiger partial charge in [-0.3, -0.25) is 14.4 Å². The molecule has 0 radical (unpaired) electrons. The Bertz CT molecular complexity index is 3970. The van der Waals surface area contributed by atoms with E-state index in [1.807, 2.05) is 69.2 Å². The van der Waals surface area contributed by atoms with E-state index in [0.717, 1.165) is 95.0 Å². The van der Waals surface area contributed by atoms with Crippen molar-refractivity contribution in [2.45, 2.75) is 59.2 Å². The average molecular weight is 1460 g/mol. The van der Waals surface area contributed by atoms with Gasteiger partial charge in [0.05, 0.1) is 51.8 Å². The smallest absolute Gasteiger partial charge is 0.421 e. The van der Waals surface area contributed by atoms with Crippen molar-refractivity contribution in [3.05, 3.63) is 100 Å². The SMILES string of the molecule is CCOC(=O)CO.CN1CCN(C(=O)CO)CC1.CN1CCN(C(=O)CO)CC1.CN1CCNCC1.C[C@H](Nc1ncnc2c1ncn2C(=O)OC(C)(C)C)c1cc2cccc(Cl)c2c(Cl)n1.C[C@H](Nc1ncnc2nc[nH]c12)c1cc2cccc(Cl)c2c(OCC(=O)N2CCN(C)CC2)n1. The molecule has 2 aromatic carbocycles. The molecule has 2 atom stereocenters. The molecule has 4 aliphatic rings. The van der Waals surface area contributed by atoms with Crippen LogP contribution in [0.4, 0.5) is 16.4 Å². The number of fused-ring (bicyclic) bond motifs is 4. The first-order valence-corrected chi connectivity index (χ1v) is 34.3. The minimum Gasteiger partial charge on any atom is -0.467 e. The second kappa shape index (κ2) is 39.2. The number of nitrogens with zero attached hydrogens (tertiary/aromatic N) is 16.